The van der Waals surface area contributed by atoms with Gasteiger partial charge in [0.05, 0.1) is 0 Å². The van der Waals surface area contributed by atoms with Crippen LogP contribution in [0.25, 0.3) is 0 Å². The molecule has 0 aliphatic heterocycles. The van der Waals surface area contributed by atoms with E-state index in [4.69, 9.17) is 0 Å². The smallest absolute Gasteiger partial charge is 0.187 e. The van der Waals surface area contributed by atoms with Crippen LogP contribution in [0.4, 0.5) is 0 Å². The summed E-state index contributed by atoms with van der Waals surface area (Å²) in [4.78, 5) is 8.51. The molecule has 2 nitrogen and oxygen atoms in total. The summed E-state index contributed by atoms with van der Waals surface area (Å²) in [5.41, 5.74) is 2.36. The Morgan fingerprint density at radius 2 is 2.00 bits per heavy atom. The van der Waals surface area contributed by atoms with Gasteiger partial charge in [0.1, 0.15) is 0 Å². The van der Waals surface area contributed by atoms with Gasteiger partial charge >= 0.3 is 0 Å². The molecule has 0 saturated heterocycles. The van der Waals surface area contributed by atoms with Crippen molar-refractivity contribution in [2.24, 2.45) is 0 Å². The summed E-state index contributed by atoms with van der Waals surface area (Å²) in [6.07, 6.45) is 3.69. The molecule has 0 aliphatic carbocycles. The fourth-order valence-corrected chi connectivity index (χ4v) is 2.41. The SMILES string of the molecule is Cc1cnc(SCc2cccc(Br)c2)nc1. The fourth-order valence-electron chi connectivity index (χ4n) is 1.23. The van der Waals surface area contributed by atoms with Crippen molar-refractivity contribution in [3.8, 4) is 0 Å². The monoisotopic (exact) mass is 294 g/mol. The van der Waals surface area contributed by atoms with E-state index in [1.54, 1.807) is 11.8 Å². The third-order valence-electron chi connectivity index (χ3n) is 2.01. The fraction of sp³-hybridized carbons (Fsp3) is 0.167. The van der Waals surface area contributed by atoms with Crippen molar-refractivity contribution in [1.82, 2.24) is 9.97 Å². The molecular weight excluding hydrogens is 284 g/mol. The number of hydrogen-bond acceptors (Lipinski definition) is 3. The van der Waals surface area contributed by atoms with Crippen LogP contribution in [0.3, 0.4) is 0 Å². The minimum Gasteiger partial charge on any atom is -0.231 e. The van der Waals surface area contributed by atoms with E-state index in [1.807, 2.05) is 31.5 Å². The minimum atomic E-state index is 0.825. The topological polar surface area (TPSA) is 25.8 Å². The molecule has 0 saturated carbocycles. The van der Waals surface area contributed by atoms with E-state index in [2.05, 4.69) is 38.0 Å². The van der Waals surface area contributed by atoms with Gasteiger partial charge in [0.2, 0.25) is 0 Å². The van der Waals surface area contributed by atoms with E-state index in [0.717, 1.165) is 20.9 Å². The van der Waals surface area contributed by atoms with Crippen LogP contribution in [0.15, 0.2) is 46.3 Å². The molecule has 0 atom stereocenters. The largest absolute Gasteiger partial charge is 0.231 e. The molecule has 16 heavy (non-hydrogen) atoms. The molecule has 82 valence electrons. The highest BCUT2D eigenvalue weighted by atomic mass is 79.9. The van der Waals surface area contributed by atoms with Crippen LogP contribution >= 0.6 is 27.7 Å². The zero-order valence-electron chi connectivity index (χ0n) is 8.85. The normalized spacial score (nSPS) is 10.4. The Labute approximate surface area is 108 Å². The summed E-state index contributed by atoms with van der Waals surface area (Å²) in [6.45, 7) is 1.99. The molecule has 0 fully saturated rings. The first-order valence-electron chi connectivity index (χ1n) is 4.90. The first-order valence-corrected chi connectivity index (χ1v) is 6.68. The van der Waals surface area contributed by atoms with Crippen molar-refractivity contribution >= 4 is 27.7 Å². The maximum Gasteiger partial charge on any atom is 0.187 e. The maximum atomic E-state index is 4.26. The summed E-state index contributed by atoms with van der Waals surface area (Å²) in [5.74, 6) is 0.891. The van der Waals surface area contributed by atoms with Gasteiger partial charge in [-0.05, 0) is 30.2 Å². The molecule has 1 aromatic carbocycles. The molecule has 1 heterocycles. The number of nitrogens with zero attached hydrogens (tertiary/aromatic N) is 2. The number of benzene rings is 1. The van der Waals surface area contributed by atoms with Crippen molar-refractivity contribution in [3.05, 3.63) is 52.3 Å². The average Bonchev–Trinajstić information content (AvgIpc) is 2.28. The first kappa shape index (κ1) is 11.6. The van der Waals surface area contributed by atoms with Gasteiger partial charge in [-0.25, -0.2) is 9.97 Å². The molecule has 0 aliphatic rings. The number of halogens is 1. The molecule has 0 unspecified atom stereocenters. The Balaban J connectivity index is 1.99. The van der Waals surface area contributed by atoms with Crippen molar-refractivity contribution in [1.29, 1.82) is 0 Å². The van der Waals surface area contributed by atoms with Crippen LogP contribution in [0.2, 0.25) is 0 Å². The Kier molecular flexibility index (Phi) is 3.96. The minimum absolute atomic E-state index is 0.825. The lowest BCUT2D eigenvalue weighted by Crippen LogP contribution is -1.88. The van der Waals surface area contributed by atoms with Crippen LogP contribution < -0.4 is 0 Å². The summed E-state index contributed by atoms with van der Waals surface area (Å²) < 4.78 is 1.11. The van der Waals surface area contributed by atoms with Gasteiger partial charge < -0.3 is 0 Å². The molecule has 0 N–H and O–H groups in total. The number of thioether (sulfide) groups is 1. The van der Waals surface area contributed by atoms with E-state index < -0.39 is 0 Å². The van der Waals surface area contributed by atoms with Gasteiger partial charge in [-0.3, -0.25) is 0 Å². The second-order valence-corrected chi connectivity index (χ2v) is 5.32. The van der Waals surface area contributed by atoms with E-state index >= 15 is 0 Å². The van der Waals surface area contributed by atoms with E-state index in [0.29, 0.717) is 0 Å². The van der Waals surface area contributed by atoms with Crippen LogP contribution in [-0.4, -0.2) is 9.97 Å². The second kappa shape index (κ2) is 5.46. The van der Waals surface area contributed by atoms with Crippen LogP contribution in [0.5, 0.6) is 0 Å². The average molecular weight is 295 g/mol. The maximum absolute atomic E-state index is 4.26. The van der Waals surface area contributed by atoms with Gasteiger partial charge in [-0.1, -0.05) is 39.8 Å². The summed E-state index contributed by atoms with van der Waals surface area (Å²) >= 11 is 5.11. The molecule has 0 spiro atoms. The van der Waals surface area contributed by atoms with Gasteiger partial charge in [0, 0.05) is 22.6 Å². The lowest BCUT2D eigenvalue weighted by Gasteiger charge is -2.01. The van der Waals surface area contributed by atoms with Crippen LogP contribution in [-0.2, 0) is 5.75 Å². The molecule has 2 aromatic rings. The summed E-state index contributed by atoms with van der Waals surface area (Å²) in [6, 6.07) is 8.28. The molecule has 0 amide bonds. The van der Waals surface area contributed by atoms with Crippen molar-refractivity contribution in [3.63, 3.8) is 0 Å². The molecular formula is C12H11BrN2S. The van der Waals surface area contributed by atoms with Crippen molar-refractivity contribution < 1.29 is 0 Å². The van der Waals surface area contributed by atoms with Gasteiger partial charge in [0.15, 0.2) is 5.16 Å². The number of rotatable bonds is 3. The van der Waals surface area contributed by atoms with E-state index in [1.165, 1.54) is 5.56 Å². The van der Waals surface area contributed by atoms with Gasteiger partial charge in [0.25, 0.3) is 0 Å². The third-order valence-corrected chi connectivity index (χ3v) is 3.45. The third kappa shape index (κ3) is 3.32. The zero-order chi connectivity index (χ0) is 11.4. The van der Waals surface area contributed by atoms with Crippen molar-refractivity contribution in [2.75, 3.05) is 0 Å². The predicted molar refractivity (Wildman–Crippen MR) is 70.5 cm³/mol. The molecule has 0 radical (unpaired) electrons. The Morgan fingerprint density at radius 3 is 2.69 bits per heavy atom. The lowest BCUT2D eigenvalue weighted by molar-refractivity contribution is 0.949. The Morgan fingerprint density at radius 1 is 1.25 bits per heavy atom. The van der Waals surface area contributed by atoms with Gasteiger partial charge in [-0.15, -0.1) is 0 Å². The molecule has 1 aromatic heterocycles. The second-order valence-electron chi connectivity index (χ2n) is 3.46. The van der Waals surface area contributed by atoms with Gasteiger partial charge in [-0.2, -0.15) is 0 Å². The van der Waals surface area contributed by atoms with Crippen LogP contribution in [0.1, 0.15) is 11.1 Å². The molecule has 0 bridgehead atoms. The zero-order valence-corrected chi connectivity index (χ0v) is 11.3. The van der Waals surface area contributed by atoms with E-state index in [-0.39, 0.29) is 0 Å². The molecule has 2 rings (SSSR count). The first-order chi connectivity index (χ1) is 7.74. The standard InChI is InChI=1S/C12H11BrN2S/c1-9-6-14-12(15-7-9)16-8-10-3-2-4-11(13)5-10/h2-7H,8H2,1H3. The molecule has 4 heteroatoms. The summed E-state index contributed by atoms with van der Waals surface area (Å²) in [5, 5.41) is 0.825. The number of aromatic nitrogens is 2. The quantitative estimate of drug-likeness (QED) is 0.635. The Hall–Kier alpha value is -0.870. The highest BCUT2D eigenvalue weighted by molar-refractivity contribution is 9.10. The van der Waals surface area contributed by atoms with E-state index in [9.17, 15) is 0 Å². The highest BCUT2D eigenvalue weighted by Crippen LogP contribution is 2.20. The van der Waals surface area contributed by atoms with Crippen LogP contribution in [0, 0.1) is 6.92 Å². The number of hydrogen-bond donors (Lipinski definition) is 0. The lowest BCUT2D eigenvalue weighted by atomic mass is 10.2. The highest BCUT2D eigenvalue weighted by Gasteiger charge is 1.99. The predicted octanol–water partition coefficient (Wildman–Crippen LogP) is 3.84. The summed E-state index contributed by atoms with van der Waals surface area (Å²) in [7, 11) is 0. The van der Waals surface area contributed by atoms with Crippen molar-refractivity contribution in [2.45, 2.75) is 17.8 Å². The Bertz CT molecular complexity index is 471. The number of aryl methyl sites for hydroxylation is 1.